The third kappa shape index (κ3) is 6.49. The highest BCUT2D eigenvalue weighted by Gasteiger charge is 2.20. The van der Waals surface area contributed by atoms with Crippen LogP contribution in [0.2, 0.25) is 5.02 Å². The molecule has 1 unspecified atom stereocenters. The van der Waals surface area contributed by atoms with Gasteiger partial charge in [-0.3, -0.25) is 4.99 Å². The van der Waals surface area contributed by atoms with Gasteiger partial charge in [0.25, 0.3) is 0 Å². The van der Waals surface area contributed by atoms with Crippen LogP contribution in [0, 0.1) is 5.92 Å². The van der Waals surface area contributed by atoms with Crippen molar-refractivity contribution in [1.29, 1.82) is 0 Å². The fraction of sp³-hybridized carbons (Fsp3) is 0.588. The first kappa shape index (κ1) is 20.0. The molecule has 0 heterocycles. The van der Waals surface area contributed by atoms with Gasteiger partial charge in [0, 0.05) is 25.2 Å². The molecule has 0 aromatic heterocycles. The number of nitrogens with zero attached hydrogens (tertiary/aromatic N) is 1. The zero-order valence-corrected chi connectivity index (χ0v) is 16.3. The number of hydrogen-bond donors (Lipinski definition) is 3. The van der Waals surface area contributed by atoms with Gasteiger partial charge in [-0.1, -0.05) is 36.2 Å². The minimum absolute atomic E-state index is 0.0148. The van der Waals surface area contributed by atoms with Crippen LogP contribution in [0.5, 0.6) is 0 Å². The van der Waals surface area contributed by atoms with Gasteiger partial charge >= 0.3 is 0 Å². The van der Waals surface area contributed by atoms with E-state index in [0.29, 0.717) is 23.4 Å². The van der Waals surface area contributed by atoms with Gasteiger partial charge in [-0.2, -0.15) is 0 Å². The summed E-state index contributed by atoms with van der Waals surface area (Å²) < 4.78 is 26.7. The summed E-state index contributed by atoms with van der Waals surface area (Å²) in [6, 6.07) is 7.55. The fourth-order valence-electron chi connectivity index (χ4n) is 2.62. The lowest BCUT2D eigenvalue weighted by atomic mass is 9.86. The topological polar surface area (TPSA) is 82.6 Å². The molecule has 0 radical (unpaired) electrons. The van der Waals surface area contributed by atoms with Crippen molar-refractivity contribution in [3.05, 3.63) is 34.9 Å². The van der Waals surface area contributed by atoms with Crippen molar-refractivity contribution in [3.8, 4) is 0 Å². The average molecular weight is 387 g/mol. The first-order chi connectivity index (χ1) is 11.9. The highest BCUT2D eigenvalue weighted by molar-refractivity contribution is 7.89. The Bertz CT molecular complexity index is 690. The van der Waals surface area contributed by atoms with E-state index in [1.807, 2.05) is 31.2 Å². The molecule has 6 nitrogen and oxygen atoms in total. The maximum absolute atomic E-state index is 12.0. The molecule has 8 heteroatoms. The molecule has 3 N–H and O–H groups in total. The molecule has 1 aliphatic rings. The summed E-state index contributed by atoms with van der Waals surface area (Å²) in [5.41, 5.74) is 0.960. The molecule has 1 aromatic rings. The van der Waals surface area contributed by atoms with E-state index in [1.165, 1.54) is 6.42 Å². The Labute approximate surface area is 155 Å². The second kappa shape index (κ2) is 9.40. The van der Waals surface area contributed by atoms with Gasteiger partial charge in [0.1, 0.15) is 0 Å². The number of halogens is 1. The van der Waals surface area contributed by atoms with E-state index in [2.05, 4.69) is 20.3 Å². The SMILES string of the molecule is CN=C(NCCS(=O)(=O)NCC1CCC1)NC(C)c1ccccc1Cl. The highest BCUT2D eigenvalue weighted by Crippen LogP contribution is 2.25. The van der Waals surface area contributed by atoms with Crippen molar-refractivity contribution in [2.24, 2.45) is 10.9 Å². The predicted molar refractivity (Wildman–Crippen MR) is 103 cm³/mol. The number of guanidine groups is 1. The van der Waals surface area contributed by atoms with Crippen LogP contribution in [-0.2, 0) is 10.0 Å². The van der Waals surface area contributed by atoms with Crippen molar-refractivity contribution >= 4 is 27.6 Å². The zero-order valence-electron chi connectivity index (χ0n) is 14.8. The van der Waals surface area contributed by atoms with Gasteiger partial charge in [-0.15, -0.1) is 0 Å². The van der Waals surface area contributed by atoms with Crippen molar-refractivity contribution in [2.75, 3.05) is 25.9 Å². The normalized spacial score (nSPS) is 17.0. The summed E-state index contributed by atoms with van der Waals surface area (Å²) in [4.78, 5) is 4.14. The minimum atomic E-state index is -3.26. The predicted octanol–water partition coefficient (Wildman–Crippen LogP) is 2.29. The number of sulfonamides is 1. The summed E-state index contributed by atoms with van der Waals surface area (Å²) in [7, 11) is -1.61. The van der Waals surface area contributed by atoms with Gasteiger partial charge in [-0.05, 0) is 37.3 Å². The summed E-state index contributed by atoms with van der Waals surface area (Å²) in [5, 5.41) is 6.94. The Balaban J connectivity index is 1.77. The Kier molecular flexibility index (Phi) is 7.53. The molecule has 25 heavy (non-hydrogen) atoms. The molecule has 1 atom stereocenters. The van der Waals surface area contributed by atoms with Crippen LogP contribution >= 0.6 is 11.6 Å². The van der Waals surface area contributed by atoms with Gasteiger partial charge in [0.2, 0.25) is 10.0 Å². The third-order valence-corrected chi connectivity index (χ3v) is 6.12. The van der Waals surface area contributed by atoms with Crippen molar-refractivity contribution in [1.82, 2.24) is 15.4 Å². The van der Waals surface area contributed by atoms with Crippen LogP contribution in [0.15, 0.2) is 29.3 Å². The summed E-state index contributed by atoms with van der Waals surface area (Å²) >= 11 is 6.20. The smallest absolute Gasteiger partial charge is 0.213 e. The molecule has 0 bridgehead atoms. The van der Waals surface area contributed by atoms with Gasteiger partial charge < -0.3 is 10.6 Å². The highest BCUT2D eigenvalue weighted by atomic mass is 35.5. The van der Waals surface area contributed by atoms with E-state index in [1.54, 1.807) is 7.05 Å². The number of rotatable bonds is 8. The zero-order chi connectivity index (χ0) is 18.3. The van der Waals surface area contributed by atoms with Crippen molar-refractivity contribution in [3.63, 3.8) is 0 Å². The molecule has 1 aromatic carbocycles. The molecule has 2 rings (SSSR count). The van der Waals surface area contributed by atoms with Gasteiger partial charge in [0.15, 0.2) is 5.96 Å². The molecule has 140 valence electrons. The number of aliphatic imine (C=N–C) groups is 1. The van der Waals surface area contributed by atoms with Crippen LogP contribution in [0.25, 0.3) is 0 Å². The van der Waals surface area contributed by atoms with E-state index in [-0.39, 0.29) is 18.3 Å². The maximum Gasteiger partial charge on any atom is 0.213 e. The quantitative estimate of drug-likeness (QED) is 0.473. The van der Waals surface area contributed by atoms with Crippen LogP contribution in [-0.4, -0.2) is 40.3 Å². The third-order valence-electron chi connectivity index (χ3n) is 4.43. The molecule has 0 saturated heterocycles. The summed E-state index contributed by atoms with van der Waals surface area (Å²) in [5.74, 6) is 1.07. The van der Waals surface area contributed by atoms with Gasteiger partial charge in [0.05, 0.1) is 11.8 Å². The van der Waals surface area contributed by atoms with Crippen LogP contribution in [0.4, 0.5) is 0 Å². The van der Waals surface area contributed by atoms with E-state index < -0.39 is 10.0 Å². The van der Waals surface area contributed by atoms with E-state index in [9.17, 15) is 8.42 Å². The van der Waals surface area contributed by atoms with Crippen molar-refractivity contribution in [2.45, 2.75) is 32.2 Å². The average Bonchev–Trinajstić information content (AvgIpc) is 2.52. The Morgan fingerprint density at radius 3 is 2.68 bits per heavy atom. The second-order valence-corrected chi connectivity index (χ2v) is 8.68. The molecular weight excluding hydrogens is 360 g/mol. The lowest BCUT2D eigenvalue weighted by Crippen LogP contribution is -2.42. The fourth-order valence-corrected chi connectivity index (χ4v) is 3.93. The standard InChI is InChI=1S/C17H27ClN4O2S/c1-13(15-8-3-4-9-16(15)18)22-17(19-2)20-10-11-25(23,24)21-12-14-6-5-7-14/h3-4,8-9,13-14,21H,5-7,10-12H2,1-2H3,(H2,19,20,22). The monoisotopic (exact) mass is 386 g/mol. The molecule has 1 saturated carbocycles. The Hall–Kier alpha value is -1.31. The van der Waals surface area contributed by atoms with E-state index in [4.69, 9.17) is 11.6 Å². The molecular formula is C17H27ClN4O2S. The lowest BCUT2D eigenvalue weighted by molar-refractivity contribution is 0.316. The lowest BCUT2D eigenvalue weighted by Gasteiger charge is -2.25. The van der Waals surface area contributed by atoms with Gasteiger partial charge in [-0.25, -0.2) is 13.1 Å². The number of hydrogen-bond acceptors (Lipinski definition) is 3. The molecule has 1 fully saturated rings. The molecule has 0 amide bonds. The molecule has 0 aliphatic heterocycles. The first-order valence-electron chi connectivity index (χ1n) is 8.60. The molecule has 1 aliphatic carbocycles. The van der Waals surface area contributed by atoms with Crippen LogP contribution < -0.4 is 15.4 Å². The Morgan fingerprint density at radius 2 is 2.08 bits per heavy atom. The first-order valence-corrected chi connectivity index (χ1v) is 10.6. The van der Waals surface area contributed by atoms with Crippen LogP contribution in [0.3, 0.4) is 0 Å². The van der Waals surface area contributed by atoms with Crippen LogP contribution in [0.1, 0.15) is 37.8 Å². The number of nitrogens with one attached hydrogen (secondary N) is 3. The summed E-state index contributed by atoms with van der Waals surface area (Å²) in [6.07, 6.45) is 3.45. The largest absolute Gasteiger partial charge is 0.355 e. The second-order valence-electron chi connectivity index (χ2n) is 6.35. The minimum Gasteiger partial charge on any atom is -0.355 e. The molecule has 0 spiro atoms. The van der Waals surface area contributed by atoms with Crippen molar-refractivity contribution < 1.29 is 8.42 Å². The Morgan fingerprint density at radius 1 is 1.36 bits per heavy atom. The number of benzene rings is 1. The van der Waals surface area contributed by atoms with E-state index >= 15 is 0 Å². The van der Waals surface area contributed by atoms with E-state index in [0.717, 1.165) is 18.4 Å². The summed E-state index contributed by atoms with van der Waals surface area (Å²) in [6.45, 7) is 2.82. The maximum atomic E-state index is 12.0.